The normalized spacial score (nSPS) is 20.8. The van der Waals surface area contributed by atoms with E-state index in [9.17, 15) is 14.0 Å². The average molecular weight is 331 g/mol. The molecule has 1 aromatic heterocycles. The number of oxazole rings is 1. The number of benzene rings is 1. The highest BCUT2D eigenvalue weighted by Crippen LogP contribution is 2.27. The topological polar surface area (TPSA) is 75.4 Å². The molecule has 0 bridgehead atoms. The van der Waals surface area contributed by atoms with Gasteiger partial charge in [0.2, 0.25) is 5.89 Å². The van der Waals surface area contributed by atoms with Gasteiger partial charge in [0, 0.05) is 5.56 Å². The Morgan fingerprint density at radius 3 is 2.75 bits per heavy atom. The molecule has 1 saturated heterocycles. The lowest BCUT2D eigenvalue weighted by molar-refractivity contribution is -0.132. The molecule has 6 nitrogen and oxygen atoms in total. The van der Waals surface area contributed by atoms with Crippen LogP contribution in [0.25, 0.3) is 11.5 Å². The maximum Gasteiger partial charge on any atom is 0.325 e. The number of rotatable bonds is 4. The molecule has 2 heterocycles. The van der Waals surface area contributed by atoms with Crippen molar-refractivity contribution in [1.82, 2.24) is 15.2 Å². The molecule has 1 fully saturated rings. The van der Waals surface area contributed by atoms with Crippen LogP contribution in [0.15, 0.2) is 34.9 Å². The molecule has 1 unspecified atom stereocenters. The summed E-state index contributed by atoms with van der Waals surface area (Å²) in [6.45, 7) is 5.46. The van der Waals surface area contributed by atoms with Gasteiger partial charge in [0.1, 0.15) is 17.6 Å². The number of aromatic nitrogens is 1. The number of urea groups is 1. The van der Waals surface area contributed by atoms with Crippen LogP contribution in [0.4, 0.5) is 9.18 Å². The van der Waals surface area contributed by atoms with Gasteiger partial charge in [-0.25, -0.2) is 14.2 Å². The summed E-state index contributed by atoms with van der Waals surface area (Å²) in [6, 6.07) is 5.40. The molecule has 3 amide bonds. The quantitative estimate of drug-likeness (QED) is 0.874. The highest BCUT2D eigenvalue weighted by molar-refractivity contribution is 6.06. The third kappa shape index (κ3) is 2.66. The van der Waals surface area contributed by atoms with Gasteiger partial charge in [-0.3, -0.25) is 9.69 Å². The van der Waals surface area contributed by atoms with E-state index in [4.69, 9.17) is 4.42 Å². The largest absolute Gasteiger partial charge is 0.444 e. The molecule has 0 radical (unpaired) electrons. The van der Waals surface area contributed by atoms with Crippen molar-refractivity contribution in [2.75, 3.05) is 0 Å². The number of hydrogen-bond acceptors (Lipinski definition) is 4. The van der Waals surface area contributed by atoms with E-state index in [0.717, 1.165) is 4.90 Å². The molecule has 2 aromatic rings. The van der Waals surface area contributed by atoms with Crippen molar-refractivity contribution in [3.63, 3.8) is 0 Å². The lowest BCUT2D eigenvalue weighted by Crippen LogP contribution is -2.48. The number of carbonyl (C=O) groups excluding carboxylic acids is 2. The third-order valence-corrected chi connectivity index (χ3v) is 4.40. The van der Waals surface area contributed by atoms with Gasteiger partial charge in [-0.2, -0.15) is 0 Å². The third-order valence-electron chi connectivity index (χ3n) is 4.40. The monoisotopic (exact) mass is 331 g/mol. The Balaban J connectivity index is 1.80. The Morgan fingerprint density at radius 2 is 2.12 bits per heavy atom. The smallest absolute Gasteiger partial charge is 0.325 e. The fourth-order valence-electron chi connectivity index (χ4n) is 2.55. The van der Waals surface area contributed by atoms with Crippen LogP contribution in [-0.4, -0.2) is 27.4 Å². The Hall–Kier alpha value is -2.70. The van der Waals surface area contributed by atoms with Crippen LogP contribution in [0.3, 0.4) is 0 Å². The van der Waals surface area contributed by atoms with E-state index >= 15 is 0 Å². The van der Waals surface area contributed by atoms with Crippen LogP contribution >= 0.6 is 0 Å². The summed E-state index contributed by atoms with van der Waals surface area (Å²) in [5.41, 5.74) is -0.0112. The average Bonchev–Trinajstić information content (AvgIpc) is 3.07. The van der Waals surface area contributed by atoms with E-state index in [-0.39, 0.29) is 24.3 Å². The van der Waals surface area contributed by atoms with Crippen LogP contribution in [0, 0.1) is 11.7 Å². The summed E-state index contributed by atoms with van der Waals surface area (Å²) in [4.78, 5) is 30.0. The van der Waals surface area contributed by atoms with Crippen molar-refractivity contribution < 1.29 is 18.4 Å². The van der Waals surface area contributed by atoms with Crippen molar-refractivity contribution >= 4 is 11.9 Å². The van der Waals surface area contributed by atoms with Gasteiger partial charge in [-0.1, -0.05) is 19.9 Å². The molecular weight excluding hydrogens is 313 g/mol. The first-order chi connectivity index (χ1) is 11.3. The first kappa shape index (κ1) is 16.2. The molecule has 0 spiro atoms. The second-order valence-electron chi connectivity index (χ2n) is 6.33. The molecule has 126 valence electrons. The van der Waals surface area contributed by atoms with Gasteiger partial charge in [0.15, 0.2) is 0 Å². The van der Waals surface area contributed by atoms with E-state index in [1.54, 1.807) is 19.1 Å². The predicted molar refractivity (Wildman–Crippen MR) is 84.2 cm³/mol. The van der Waals surface area contributed by atoms with Gasteiger partial charge in [0.25, 0.3) is 5.91 Å². The summed E-state index contributed by atoms with van der Waals surface area (Å²) in [5, 5.41) is 2.73. The van der Waals surface area contributed by atoms with E-state index < -0.39 is 17.4 Å². The number of hydrogen-bond donors (Lipinski definition) is 1. The van der Waals surface area contributed by atoms with E-state index in [1.807, 2.05) is 13.8 Å². The Bertz CT molecular complexity index is 802. The van der Waals surface area contributed by atoms with E-state index in [1.165, 1.54) is 18.4 Å². The number of imide groups is 1. The molecule has 1 aliphatic rings. The summed E-state index contributed by atoms with van der Waals surface area (Å²) in [7, 11) is 0. The van der Waals surface area contributed by atoms with Crippen molar-refractivity contribution in [1.29, 1.82) is 0 Å². The van der Waals surface area contributed by atoms with Gasteiger partial charge < -0.3 is 9.73 Å². The predicted octanol–water partition coefficient (Wildman–Crippen LogP) is 2.95. The molecule has 0 saturated carbocycles. The minimum Gasteiger partial charge on any atom is -0.444 e. The second-order valence-corrected chi connectivity index (χ2v) is 6.33. The van der Waals surface area contributed by atoms with Crippen LogP contribution in [0.1, 0.15) is 26.5 Å². The van der Waals surface area contributed by atoms with Crippen LogP contribution in [0.2, 0.25) is 0 Å². The molecule has 0 aliphatic carbocycles. The standard InChI is InChI=1S/C17H18FN3O3/c1-10(2)17(3)15(22)21(16(23)20-17)8-13-9-24-14(19-13)11-5-4-6-12(18)7-11/h4-7,9-10H,8H2,1-3H3,(H,20,23). The highest BCUT2D eigenvalue weighted by Gasteiger charge is 2.49. The zero-order valence-corrected chi connectivity index (χ0v) is 13.7. The maximum absolute atomic E-state index is 13.3. The zero-order chi connectivity index (χ0) is 17.5. The summed E-state index contributed by atoms with van der Waals surface area (Å²) in [6.07, 6.45) is 1.37. The molecule has 1 aromatic carbocycles. The fourth-order valence-corrected chi connectivity index (χ4v) is 2.55. The van der Waals surface area contributed by atoms with Crippen molar-refractivity contribution in [3.8, 4) is 11.5 Å². The fraction of sp³-hybridized carbons (Fsp3) is 0.353. The highest BCUT2D eigenvalue weighted by atomic mass is 19.1. The van der Waals surface area contributed by atoms with Crippen LogP contribution < -0.4 is 5.32 Å². The summed E-state index contributed by atoms with van der Waals surface area (Å²) >= 11 is 0. The number of amides is 3. The molecule has 1 aliphatic heterocycles. The van der Waals surface area contributed by atoms with Gasteiger partial charge in [0.05, 0.1) is 12.2 Å². The van der Waals surface area contributed by atoms with Crippen LogP contribution in [0.5, 0.6) is 0 Å². The minimum absolute atomic E-state index is 0.00575. The van der Waals surface area contributed by atoms with Gasteiger partial charge >= 0.3 is 6.03 Å². The van der Waals surface area contributed by atoms with Crippen molar-refractivity contribution in [2.24, 2.45) is 5.92 Å². The molecule has 24 heavy (non-hydrogen) atoms. The Morgan fingerprint density at radius 1 is 1.38 bits per heavy atom. The molecule has 7 heteroatoms. The molecular formula is C17H18FN3O3. The van der Waals surface area contributed by atoms with Crippen molar-refractivity contribution in [2.45, 2.75) is 32.9 Å². The Kier molecular flexibility index (Phi) is 3.87. The molecule has 3 rings (SSSR count). The first-order valence-corrected chi connectivity index (χ1v) is 7.65. The number of carbonyl (C=O) groups is 2. The molecule has 1 N–H and O–H groups in total. The van der Waals surface area contributed by atoms with Gasteiger partial charge in [-0.15, -0.1) is 0 Å². The number of nitrogens with one attached hydrogen (secondary N) is 1. The van der Waals surface area contributed by atoms with Crippen LogP contribution in [-0.2, 0) is 11.3 Å². The molecule has 1 atom stereocenters. The maximum atomic E-state index is 13.3. The van der Waals surface area contributed by atoms with Crippen molar-refractivity contribution in [3.05, 3.63) is 42.0 Å². The summed E-state index contributed by atoms with van der Waals surface area (Å²) < 4.78 is 18.6. The second kappa shape index (κ2) is 5.74. The minimum atomic E-state index is -0.924. The Labute approximate surface area is 138 Å². The summed E-state index contributed by atoms with van der Waals surface area (Å²) in [5.74, 6) is -0.492. The van der Waals surface area contributed by atoms with Gasteiger partial charge in [-0.05, 0) is 31.0 Å². The first-order valence-electron chi connectivity index (χ1n) is 7.65. The lowest BCUT2D eigenvalue weighted by Gasteiger charge is -2.25. The lowest BCUT2D eigenvalue weighted by atomic mass is 9.88. The zero-order valence-electron chi connectivity index (χ0n) is 13.7. The SMILES string of the molecule is CC(C)C1(C)NC(=O)N(Cc2coc(-c3cccc(F)c3)n2)C1=O. The van der Waals surface area contributed by atoms with E-state index in [2.05, 4.69) is 10.3 Å². The van der Waals surface area contributed by atoms with E-state index in [0.29, 0.717) is 11.3 Å². The number of halogens is 1. The number of nitrogens with zero attached hydrogens (tertiary/aromatic N) is 2.